The molecule has 0 radical (unpaired) electrons. The number of ketones is 1. The number of rotatable bonds is 2. The van der Waals surface area contributed by atoms with E-state index in [0.717, 1.165) is 5.56 Å². The number of benzene rings is 1. The van der Waals surface area contributed by atoms with Crippen molar-refractivity contribution in [2.24, 2.45) is 0 Å². The molecule has 0 unspecified atom stereocenters. The lowest BCUT2D eigenvalue weighted by molar-refractivity contribution is -0.116. The van der Waals surface area contributed by atoms with Crippen molar-refractivity contribution in [1.29, 1.82) is 0 Å². The molecule has 0 amide bonds. The van der Waals surface area contributed by atoms with Crippen molar-refractivity contribution in [2.75, 3.05) is 0 Å². The van der Waals surface area contributed by atoms with E-state index in [2.05, 4.69) is 12.1 Å². The molecule has 72 valence electrons. The van der Waals surface area contributed by atoms with E-state index in [4.69, 9.17) is 4.65 Å². The highest BCUT2D eigenvalue weighted by molar-refractivity contribution is 6.67. The van der Waals surface area contributed by atoms with Gasteiger partial charge < -0.3 is 4.65 Å². The Morgan fingerprint density at radius 3 is 3.07 bits per heavy atom. The summed E-state index contributed by atoms with van der Waals surface area (Å²) >= 11 is 0. The lowest BCUT2D eigenvalue weighted by Crippen LogP contribution is -2.24. The second-order valence-electron chi connectivity index (χ2n) is 3.87. The Labute approximate surface area is 84.4 Å². The summed E-state index contributed by atoms with van der Waals surface area (Å²) in [5.41, 5.74) is 3.59. The molecule has 1 aliphatic heterocycles. The summed E-state index contributed by atoms with van der Waals surface area (Å²) in [5.74, 6) is 0.205. The van der Waals surface area contributed by atoms with Crippen LogP contribution in [0.2, 0.25) is 6.82 Å². The Bertz CT molecular complexity index is 374. The van der Waals surface area contributed by atoms with Crippen LogP contribution in [0.1, 0.15) is 18.1 Å². The summed E-state index contributed by atoms with van der Waals surface area (Å²) in [6, 6.07) is 6.17. The van der Waals surface area contributed by atoms with Crippen LogP contribution in [0.3, 0.4) is 0 Å². The van der Waals surface area contributed by atoms with Gasteiger partial charge in [-0.1, -0.05) is 25.0 Å². The summed E-state index contributed by atoms with van der Waals surface area (Å²) in [4.78, 5) is 11.0. The summed E-state index contributed by atoms with van der Waals surface area (Å²) in [5, 5.41) is 0. The van der Waals surface area contributed by atoms with Crippen LogP contribution in [0.5, 0.6) is 0 Å². The Hall–Kier alpha value is -1.09. The smallest absolute Gasteiger partial charge is 0.324 e. The van der Waals surface area contributed by atoms with Gasteiger partial charge in [0.05, 0.1) is 6.61 Å². The molecular weight excluding hydrogens is 175 g/mol. The largest absolute Gasteiger partial charge is 0.427 e. The Morgan fingerprint density at radius 1 is 1.57 bits per heavy atom. The van der Waals surface area contributed by atoms with Crippen LogP contribution in [-0.2, 0) is 22.5 Å². The molecule has 1 aliphatic rings. The van der Waals surface area contributed by atoms with Crippen LogP contribution in [0.4, 0.5) is 0 Å². The molecule has 0 fully saturated rings. The topological polar surface area (TPSA) is 26.3 Å². The average Bonchev–Trinajstić information content (AvgIpc) is 2.47. The van der Waals surface area contributed by atoms with E-state index in [1.807, 2.05) is 12.9 Å². The maximum absolute atomic E-state index is 11.0. The first-order chi connectivity index (χ1) is 6.66. The van der Waals surface area contributed by atoms with E-state index in [1.165, 1.54) is 11.0 Å². The zero-order valence-corrected chi connectivity index (χ0v) is 8.54. The fourth-order valence-corrected chi connectivity index (χ4v) is 1.86. The maximum Gasteiger partial charge on any atom is 0.324 e. The Kier molecular flexibility index (Phi) is 2.42. The van der Waals surface area contributed by atoms with Crippen LogP contribution in [0.15, 0.2) is 18.2 Å². The Balaban J connectivity index is 2.30. The lowest BCUT2D eigenvalue weighted by Gasteiger charge is -2.03. The summed E-state index contributed by atoms with van der Waals surface area (Å²) in [6.45, 7) is 4.55. The average molecular weight is 188 g/mol. The van der Waals surface area contributed by atoms with Crippen LogP contribution >= 0.6 is 0 Å². The number of hydrogen-bond acceptors (Lipinski definition) is 2. The SMILES string of the molecule is CB1OCc2ccc(CC(C)=O)cc21. The van der Waals surface area contributed by atoms with Gasteiger partial charge in [0.15, 0.2) is 0 Å². The first-order valence-corrected chi connectivity index (χ1v) is 4.89. The minimum absolute atomic E-state index is 0.178. The quantitative estimate of drug-likeness (QED) is 0.651. The summed E-state index contributed by atoms with van der Waals surface area (Å²) in [7, 11) is 0. The van der Waals surface area contributed by atoms with Crippen LogP contribution in [0.25, 0.3) is 0 Å². The number of hydrogen-bond donors (Lipinski definition) is 0. The van der Waals surface area contributed by atoms with Gasteiger partial charge >= 0.3 is 6.92 Å². The highest BCUT2D eigenvalue weighted by Crippen LogP contribution is 2.12. The van der Waals surface area contributed by atoms with E-state index in [1.54, 1.807) is 6.92 Å². The Morgan fingerprint density at radius 2 is 2.36 bits per heavy atom. The van der Waals surface area contributed by atoms with Crippen molar-refractivity contribution in [3.8, 4) is 0 Å². The number of fused-ring (bicyclic) bond motifs is 1. The van der Waals surface area contributed by atoms with Gasteiger partial charge in [-0.2, -0.15) is 0 Å². The van der Waals surface area contributed by atoms with Gasteiger partial charge in [0.1, 0.15) is 5.78 Å². The molecule has 2 rings (SSSR count). The highest BCUT2D eigenvalue weighted by Gasteiger charge is 2.23. The molecule has 0 aliphatic carbocycles. The van der Waals surface area contributed by atoms with Crippen LogP contribution in [-0.4, -0.2) is 12.7 Å². The zero-order chi connectivity index (χ0) is 10.1. The first kappa shape index (κ1) is 9.47. The molecule has 1 aromatic rings. The molecule has 3 heteroatoms. The van der Waals surface area contributed by atoms with Crippen molar-refractivity contribution >= 4 is 18.2 Å². The molecule has 0 saturated heterocycles. The molecule has 1 heterocycles. The second-order valence-corrected chi connectivity index (χ2v) is 3.87. The fourth-order valence-electron chi connectivity index (χ4n) is 1.86. The predicted octanol–water partition coefficient (Wildman–Crippen LogP) is 1.18. The van der Waals surface area contributed by atoms with Gasteiger partial charge in [-0.05, 0) is 23.5 Å². The molecule has 2 nitrogen and oxygen atoms in total. The van der Waals surface area contributed by atoms with E-state index in [-0.39, 0.29) is 12.7 Å². The third-order valence-electron chi connectivity index (χ3n) is 2.59. The first-order valence-electron chi connectivity index (χ1n) is 4.89. The van der Waals surface area contributed by atoms with E-state index in [0.29, 0.717) is 13.0 Å². The van der Waals surface area contributed by atoms with E-state index < -0.39 is 0 Å². The van der Waals surface area contributed by atoms with Crippen molar-refractivity contribution in [3.05, 3.63) is 29.3 Å². The molecule has 14 heavy (non-hydrogen) atoms. The van der Waals surface area contributed by atoms with Gasteiger partial charge in [-0.25, -0.2) is 0 Å². The minimum atomic E-state index is 0.178. The van der Waals surface area contributed by atoms with Gasteiger partial charge in [0, 0.05) is 6.42 Å². The van der Waals surface area contributed by atoms with E-state index >= 15 is 0 Å². The second kappa shape index (κ2) is 3.58. The number of carbonyl (C=O) groups is 1. The molecule has 1 aromatic carbocycles. The van der Waals surface area contributed by atoms with Crippen molar-refractivity contribution in [2.45, 2.75) is 26.8 Å². The van der Waals surface area contributed by atoms with Crippen LogP contribution < -0.4 is 5.46 Å². The molecule has 0 atom stereocenters. The third-order valence-corrected chi connectivity index (χ3v) is 2.59. The van der Waals surface area contributed by atoms with Gasteiger partial charge in [0.2, 0.25) is 0 Å². The number of Topliss-reactive ketones (excluding diaryl/α,β-unsaturated/α-hetero) is 1. The van der Waals surface area contributed by atoms with E-state index in [9.17, 15) is 4.79 Å². The summed E-state index contributed by atoms with van der Waals surface area (Å²) < 4.78 is 5.50. The standard InChI is InChI=1S/C11H13BO2/c1-8(13)5-9-3-4-10-7-14-12(2)11(10)6-9/h3-4,6H,5,7H2,1-2H3. The van der Waals surface area contributed by atoms with Gasteiger partial charge in [-0.15, -0.1) is 0 Å². The van der Waals surface area contributed by atoms with Crippen LogP contribution in [0, 0.1) is 0 Å². The van der Waals surface area contributed by atoms with Crippen molar-refractivity contribution in [3.63, 3.8) is 0 Å². The highest BCUT2D eigenvalue weighted by atomic mass is 16.4. The molecule has 0 spiro atoms. The summed E-state index contributed by atoms with van der Waals surface area (Å²) in [6.07, 6.45) is 0.528. The zero-order valence-electron chi connectivity index (χ0n) is 8.54. The van der Waals surface area contributed by atoms with Gasteiger partial charge in [0.25, 0.3) is 0 Å². The van der Waals surface area contributed by atoms with Gasteiger partial charge in [-0.3, -0.25) is 4.79 Å². The minimum Gasteiger partial charge on any atom is -0.427 e. The fraction of sp³-hybridized carbons (Fsp3) is 0.364. The molecular formula is C11H13BO2. The predicted molar refractivity (Wildman–Crippen MR) is 56.9 cm³/mol. The third kappa shape index (κ3) is 1.73. The molecule has 0 saturated carbocycles. The maximum atomic E-state index is 11.0. The van der Waals surface area contributed by atoms with Crippen molar-refractivity contribution < 1.29 is 9.45 Å². The number of carbonyl (C=O) groups excluding carboxylic acids is 1. The normalized spacial score (nSPS) is 14.3. The monoisotopic (exact) mass is 188 g/mol. The van der Waals surface area contributed by atoms with Crippen molar-refractivity contribution in [1.82, 2.24) is 0 Å². The lowest BCUT2D eigenvalue weighted by atomic mass is 9.64. The molecule has 0 bridgehead atoms. The molecule has 0 aromatic heterocycles. The molecule has 0 N–H and O–H groups in total.